The fraction of sp³-hybridized carbons (Fsp3) is 0.154. The topological polar surface area (TPSA) is 57.4 Å². The van der Waals surface area contributed by atoms with Gasteiger partial charge in [-0.05, 0) is 17.7 Å². The van der Waals surface area contributed by atoms with Gasteiger partial charge in [-0.2, -0.15) is 0 Å². The zero-order valence-electron chi connectivity index (χ0n) is 10.2. The van der Waals surface area contributed by atoms with Crippen LogP contribution in [0.2, 0.25) is 0 Å². The van der Waals surface area contributed by atoms with E-state index in [0.717, 1.165) is 11.8 Å². The molecule has 1 aromatic heterocycles. The molecular weight excluding hydrogens is 254 g/mol. The number of benzene rings is 1. The lowest BCUT2D eigenvalue weighted by atomic mass is 10.2. The van der Waals surface area contributed by atoms with Crippen LogP contribution in [0.25, 0.3) is 0 Å². The molecule has 2 rings (SSSR count). The summed E-state index contributed by atoms with van der Waals surface area (Å²) in [6, 6.07) is 5.63. The van der Waals surface area contributed by atoms with Crippen molar-refractivity contribution in [3.63, 3.8) is 0 Å². The lowest BCUT2D eigenvalue weighted by molar-refractivity contribution is 0.397. The van der Waals surface area contributed by atoms with Gasteiger partial charge in [-0.25, -0.2) is 13.8 Å². The Bertz CT molecular complexity index is 569. The number of aromatic nitrogens is 1. The number of methoxy groups -OCH3 is 1. The van der Waals surface area contributed by atoms with E-state index in [0.29, 0.717) is 17.6 Å². The summed E-state index contributed by atoms with van der Waals surface area (Å²) in [7, 11) is 1.50. The maximum atomic E-state index is 13.4. The molecule has 19 heavy (non-hydrogen) atoms. The Hall–Kier alpha value is -2.21. The first kappa shape index (κ1) is 13.2. The van der Waals surface area contributed by atoms with Crippen molar-refractivity contribution in [2.75, 3.05) is 7.11 Å². The van der Waals surface area contributed by atoms with Crippen molar-refractivity contribution in [2.45, 2.75) is 6.54 Å². The van der Waals surface area contributed by atoms with E-state index in [1.54, 1.807) is 18.2 Å². The molecule has 0 aliphatic heterocycles. The van der Waals surface area contributed by atoms with Crippen LogP contribution in [0.15, 0.2) is 30.5 Å². The first-order valence-corrected chi connectivity index (χ1v) is 5.49. The third kappa shape index (κ3) is 3.17. The molecule has 1 aromatic carbocycles. The smallest absolute Gasteiger partial charge is 0.256 e. The Morgan fingerprint density at radius 2 is 1.89 bits per heavy atom. The van der Waals surface area contributed by atoms with E-state index in [-0.39, 0.29) is 12.4 Å². The van der Waals surface area contributed by atoms with E-state index in [1.807, 2.05) is 0 Å². The second kappa shape index (κ2) is 5.62. The van der Waals surface area contributed by atoms with Crippen LogP contribution in [-0.2, 0) is 6.54 Å². The second-order valence-electron chi connectivity index (χ2n) is 3.76. The summed E-state index contributed by atoms with van der Waals surface area (Å²) in [5.41, 5.74) is 6.30. The monoisotopic (exact) mass is 266 g/mol. The maximum Gasteiger partial charge on any atom is 0.256 e. The molecule has 1 heterocycles. The molecule has 0 saturated carbocycles. The van der Waals surface area contributed by atoms with Gasteiger partial charge in [0.1, 0.15) is 17.3 Å². The SMILES string of the molecule is COc1cc(CN)cc(Oc2ncc(F)cc2F)c1. The van der Waals surface area contributed by atoms with Gasteiger partial charge in [0.2, 0.25) is 0 Å². The molecule has 0 unspecified atom stereocenters. The minimum atomic E-state index is -0.878. The maximum absolute atomic E-state index is 13.4. The van der Waals surface area contributed by atoms with Crippen LogP contribution >= 0.6 is 0 Å². The standard InChI is InChI=1S/C13H12F2N2O2/c1-18-10-2-8(6-16)3-11(5-10)19-13-12(15)4-9(14)7-17-13/h2-5,7H,6,16H2,1H3. The summed E-state index contributed by atoms with van der Waals surface area (Å²) in [6.45, 7) is 0.285. The van der Waals surface area contributed by atoms with Gasteiger partial charge in [-0.1, -0.05) is 0 Å². The molecule has 4 nitrogen and oxygen atoms in total. The highest BCUT2D eigenvalue weighted by Gasteiger charge is 2.09. The van der Waals surface area contributed by atoms with Crippen molar-refractivity contribution in [3.05, 3.63) is 47.7 Å². The van der Waals surface area contributed by atoms with Crippen LogP contribution < -0.4 is 15.2 Å². The van der Waals surface area contributed by atoms with Gasteiger partial charge < -0.3 is 15.2 Å². The highest BCUT2D eigenvalue weighted by molar-refractivity contribution is 5.40. The van der Waals surface area contributed by atoms with Gasteiger partial charge in [0.25, 0.3) is 5.88 Å². The fourth-order valence-electron chi connectivity index (χ4n) is 1.51. The summed E-state index contributed by atoms with van der Waals surface area (Å²) in [5.74, 6) is -1.11. The summed E-state index contributed by atoms with van der Waals surface area (Å²) in [4.78, 5) is 3.54. The van der Waals surface area contributed by atoms with Gasteiger partial charge >= 0.3 is 0 Å². The third-order valence-electron chi connectivity index (χ3n) is 2.40. The number of nitrogens with two attached hydrogens (primary N) is 1. The van der Waals surface area contributed by atoms with Crippen molar-refractivity contribution in [1.29, 1.82) is 0 Å². The Balaban J connectivity index is 2.31. The molecule has 6 heteroatoms. The van der Waals surface area contributed by atoms with E-state index in [4.69, 9.17) is 15.2 Å². The molecule has 0 radical (unpaired) electrons. The lowest BCUT2D eigenvalue weighted by Crippen LogP contribution is -1.99. The molecule has 0 aliphatic rings. The van der Waals surface area contributed by atoms with E-state index < -0.39 is 11.6 Å². The minimum Gasteiger partial charge on any atom is -0.497 e. The number of pyridine rings is 1. The first-order chi connectivity index (χ1) is 9.12. The Kier molecular flexibility index (Phi) is 3.91. The van der Waals surface area contributed by atoms with Crippen molar-refractivity contribution >= 4 is 0 Å². The van der Waals surface area contributed by atoms with Crippen molar-refractivity contribution in [1.82, 2.24) is 4.98 Å². The Morgan fingerprint density at radius 3 is 2.53 bits per heavy atom. The predicted molar refractivity (Wildman–Crippen MR) is 65.1 cm³/mol. The average Bonchev–Trinajstić information content (AvgIpc) is 2.41. The molecule has 0 aliphatic carbocycles. The zero-order valence-corrected chi connectivity index (χ0v) is 10.2. The van der Waals surface area contributed by atoms with Gasteiger partial charge in [0, 0.05) is 18.7 Å². The Labute approximate surface area is 108 Å². The minimum absolute atomic E-state index is 0.285. The number of hydrogen-bond donors (Lipinski definition) is 1. The summed E-state index contributed by atoms with van der Waals surface area (Å²) >= 11 is 0. The molecule has 0 atom stereocenters. The molecule has 0 spiro atoms. The second-order valence-corrected chi connectivity index (χ2v) is 3.76. The van der Waals surface area contributed by atoms with Crippen LogP contribution in [-0.4, -0.2) is 12.1 Å². The molecule has 0 saturated heterocycles. The highest BCUT2D eigenvalue weighted by atomic mass is 19.1. The molecule has 100 valence electrons. The molecular formula is C13H12F2N2O2. The third-order valence-corrected chi connectivity index (χ3v) is 2.40. The van der Waals surface area contributed by atoms with Gasteiger partial charge in [0.05, 0.1) is 13.3 Å². The summed E-state index contributed by atoms with van der Waals surface area (Å²) in [5, 5.41) is 0. The first-order valence-electron chi connectivity index (χ1n) is 5.49. The highest BCUT2D eigenvalue weighted by Crippen LogP contribution is 2.27. The number of nitrogens with zero attached hydrogens (tertiary/aromatic N) is 1. The van der Waals surface area contributed by atoms with Crippen molar-refractivity contribution in [2.24, 2.45) is 5.73 Å². The lowest BCUT2D eigenvalue weighted by Gasteiger charge is -2.09. The van der Waals surface area contributed by atoms with Gasteiger partial charge in [-0.3, -0.25) is 0 Å². The Morgan fingerprint density at radius 1 is 1.16 bits per heavy atom. The fourth-order valence-corrected chi connectivity index (χ4v) is 1.51. The van der Waals surface area contributed by atoms with Gasteiger partial charge in [0.15, 0.2) is 5.82 Å². The van der Waals surface area contributed by atoms with Crippen LogP contribution in [0.4, 0.5) is 8.78 Å². The van der Waals surface area contributed by atoms with Crippen molar-refractivity contribution in [3.8, 4) is 17.4 Å². The molecule has 0 bridgehead atoms. The van der Waals surface area contributed by atoms with Crippen LogP contribution in [0.3, 0.4) is 0 Å². The molecule has 2 aromatic rings. The van der Waals surface area contributed by atoms with Crippen LogP contribution in [0.5, 0.6) is 17.4 Å². The number of hydrogen-bond acceptors (Lipinski definition) is 4. The largest absolute Gasteiger partial charge is 0.497 e. The number of ether oxygens (including phenoxy) is 2. The van der Waals surface area contributed by atoms with E-state index >= 15 is 0 Å². The van der Waals surface area contributed by atoms with Crippen LogP contribution in [0.1, 0.15) is 5.56 Å². The van der Waals surface area contributed by atoms with Gasteiger partial charge in [-0.15, -0.1) is 0 Å². The van der Waals surface area contributed by atoms with E-state index in [1.165, 1.54) is 7.11 Å². The normalized spacial score (nSPS) is 10.3. The molecule has 0 amide bonds. The quantitative estimate of drug-likeness (QED) is 0.924. The average molecular weight is 266 g/mol. The number of halogens is 2. The molecule has 0 fully saturated rings. The van der Waals surface area contributed by atoms with Crippen molar-refractivity contribution < 1.29 is 18.3 Å². The van der Waals surface area contributed by atoms with E-state index in [9.17, 15) is 8.78 Å². The van der Waals surface area contributed by atoms with E-state index in [2.05, 4.69) is 4.98 Å². The molecule has 2 N–H and O–H groups in total. The number of rotatable bonds is 4. The summed E-state index contributed by atoms with van der Waals surface area (Å²) < 4.78 is 36.5. The zero-order chi connectivity index (χ0) is 13.8. The van der Waals surface area contributed by atoms with Crippen LogP contribution in [0, 0.1) is 11.6 Å². The summed E-state index contributed by atoms with van der Waals surface area (Å²) in [6.07, 6.45) is 0.877. The predicted octanol–water partition coefficient (Wildman–Crippen LogP) is 2.62.